The molecule has 0 amide bonds. The van der Waals surface area contributed by atoms with Gasteiger partial charge in [0.2, 0.25) is 0 Å². The number of hydrogen-bond acceptors (Lipinski definition) is 2. The summed E-state index contributed by atoms with van der Waals surface area (Å²) in [6.07, 6.45) is 1.15. The van der Waals surface area contributed by atoms with E-state index in [0.29, 0.717) is 0 Å². The predicted octanol–water partition coefficient (Wildman–Crippen LogP) is 2.79. The van der Waals surface area contributed by atoms with E-state index in [1.165, 1.54) is 11.1 Å². The molecule has 1 fully saturated rings. The minimum Gasteiger partial charge on any atom is -0.330 e. The van der Waals surface area contributed by atoms with Gasteiger partial charge in [-0.1, -0.05) is 60.7 Å². The highest BCUT2D eigenvalue weighted by molar-refractivity contribution is 5.28. The summed E-state index contributed by atoms with van der Waals surface area (Å²) in [6, 6.07) is 21.4. The van der Waals surface area contributed by atoms with Gasteiger partial charge in [0.15, 0.2) is 0 Å². The summed E-state index contributed by atoms with van der Waals surface area (Å²) in [5.41, 5.74) is 9.03. The standard InChI is InChI=1S/C18H22N2/c19-14-18(17-9-5-2-6-10-17)11-12-20(15-18)13-16-7-3-1-4-8-16/h1-10H,11-15,19H2/t18-/m0/s1. The smallest absolute Gasteiger partial charge is 0.0234 e. The molecule has 0 unspecified atom stereocenters. The lowest BCUT2D eigenvalue weighted by Gasteiger charge is -2.28. The molecule has 104 valence electrons. The summed E-state index contributed by atoms with van der Waals surface area (Å²) in [7, 11) is 0. The average molecular weight is 266 g/mol. The van der Waals surface area contributed by atoms with Gasteiger partial charge in [0.25, 0.3) is 0 Å². The first kappa shape index (κ1) is 13.3. The Balaban J connectivity index is 1.74. The third kappa shape index (κ3) is 2.62. The molecule has 1 aliphatic heterocycles. The molecule has 0 radical (unpaired) electrons. The molecule has 20 heavy (non-hydrogen) atoms. The summed E-state index contributed by atoms with van der Waals surface area (Å²) in [4.78, 5) is 2.52. The van der Waals surface area contributed by atoms with E-state index >= 15 is 0 Å². The van der Waals surface area contributed by atoms with E-state index in [1.54, 1.807) is 0 Å². The molecular weight excluding hydrogens is 244 g/mol. The first-order valence-electron chi connectivity index (χ1n) is 7.34. The maximum Gasteiger partial charge on any atom is 0.0234 e. The fourth-order valence-corrected chi connectivity index (χ4v) is 3.25. The van der Waals surface area contributed by atoms with Crippen LogP contribution in [0.3, 0.4) is 0 Å². The molecule has 0 spiro atoms. The van der Waals surface area contributed by atoms with Crippen LogP contribution in [-0.4, -0.2) is 24.5 Å². The van der Waals surface area contributed by atoms with E-state index in [4.69, 9.17) is 5.73 Å². The van der Waals surface area contributed by atoms with Crippen LogP contribution in [0.4, 0.5) is 0 Å². The van der Waals surface area contributed by atoms with E-state index in [-0.39, 0.29) is 5.41 Å². The molecule has 0 bridgehead atoms. The lowest BCUT2D eigenvalue weighted by molar-refractivity contribution is 0.304. The number of nitrogens with two attached hydrogens (primary N) is 1. The Hall–Kier alpha value is -1.64. The largest absolute Gasteiger partial charge is 0.330 e. The summed E-state index contributed by atoms with van der Waals surface area (Å²) >= 11 is 0. The normalized spacial score (nSPS) is 23.1. The van der Waals surface area contributed by atoms with Crippen LogP contribution in [0.1, 0.15) is 17.5 Å². The Morgan fingerprint density at radius 2 is 1.60 bits per heavy atom. The lowest BCUT2D eigenvalue weighted by Crippen LogP contribution is -2.38. The number of rotatable bonds is 4. The Kier molecular flexibility index (Phi) is 3.86. The SMILES string of the molecule is NC[C@@]1(c2ccccc2)CCN(Cc2ccccc2)C1. The molecule has 2 aromatic carbocycles. The van der Waals surface area contributed by atoms with Gasteiger partial charge in [0, 0.05) is 25.0 Å². The van der Waals surface area contributed by atoms with Crippen LogP contribution in [0.25, 0.3) is 0 Å². The molecule has 0 saturated carbocycles. The van der Waals surface area contributed by atoms with Crippen molar-refractivity contribution < 1.29 is 0 Å². The van der Waals surface area contributed by atoms with Crippen molar-refractivity contribution in [2.45, 2.75) is 18.4 Å². The van der Waals surface area contributed by atoms with Gasteiger partial charge in [-0.05, 0) is 24.1 Å². The van der Waals surface area contributed by atoms with E-state index in [1.807, 2.05) is 0 Å². The summed E-state index contributed by atoms with van der Waals surface area (Å²) in [5.74, 6) is 0. The van der Waals surface area contributed by atoms with Crippen molar-refractivity contribution in [2.75, 3.05) is 19.6 Å². The molecule has 2 N–H and O–H groups in total. The summed E-state index contributed by atoms with van der Waals surface area (Å²) in [5, 5.41) is 0. The molecule has 2 aromatic rings. The van der Waals surface area contributed by atoms with Crippen LogP contribution in [0, 0.1) is 0 Å². The van der Waals surface area contributed by atoms with Crippen molar-refractivity contribution in [2.24, 2.45) is 5.73 Å². The highest BCUT2D eigenvalue weighted by Crippen LogP contribution is 2.34. The summed E-state index contributed by atoms with van der Waals surface area (Å²) < 4.78 is 0. The zero-order chi connectivity index (χ0) is 13.8. The van der Waals surface area contributed by atoms with Gasteiger partial charge < -0.3 is 5.73 Å². The Bertz CT molecular complexity index is 538. The molecular formula is C18H22N2. The van der Waals surface area contributed by atoms with E-state index < -0.39 is 0 Å². The number of benzene rings is 2. The number of hydrogen-bond donors (Lipinski definition) is 1. The Labute approximate surface area is 121 Å². The number of likely N-dealkylation sites (tertiary alicyclic amines) is 1. The first-order valence-corrected chi connectivity index (χ1v) is 7.34. The fraction of sp³-hybridized carbons (Fsp3) is 0.333. The van der Waals surface area contributed by atoms with Gasteiger partial charge in [-0.2, -0.15) is 0 Å². The molecule has 0 aromatic heterocycles. The van der Waals surface area contributed by atoms with Crippen molar-refractivity contribution in [3.63, 3.8) is 0 Å². The highest BCUT2D eigenvalue weighted by atomic mass is 15.2. The van der Waals surface area contributed by atoms with Gasteiger partial charge >= 0.3 is 0 Å². The molecule has 1 saturated heterocycles. The molecule has 0 aliphatic carbocycles. The molecule has 2 nitrogen and oxygen atoms in total. The second-order valence-corrected chi connectivity index (χ2v) is 5.80. The molecule has 3 rings (SSSR count). The zero-order valence-electron chi connectivity index (χ0n) is 11.8. The third-order valence-electron chi connectivity index (χ3n) is 4.46. The fourth-order valence-electron chi connectivity index (χ4n) is 3.25. The summed E-state index contributed by atoms with van der Waals surface area (Å²) in [6.45, 7) is 3.93. The molecule has 1 atom stereocenters. The highest BCUT2D eigenvalue weighted by Gasteiger charge is 2.38. The lowest BCUT2D eigenvalue weighted by atomic mass is 9.80. The number of nitrogens with zero attached hydrogens (tertiary/aromatic N) is 1. The van der Waals surface area contributed by atoms with E-state index in [9.17, 15) is 0 Å². The Morgan fingerprint density at radius 3 is 2.25 bits per heavy atom. The second kappa shape index (κ2) is 5.78. The average Bonchev–Trinajstić information content (AvgIpc) is 2.94. The van der Waals surface area contributed by atoms with Crippen molar-refractivity contribution in [3.05, 3.63) is 71.8 Å². The molecule has 1 heterocycles. The molecule has 2 heteroatoms. The van der Waals surface area contributed by atoms with Crippen LogP contribution in [0.5, 0.6) is 0 Å². The van der Waals surface area contributed by atoms with Crippen LogP contribution >= 0.6 is 0 Å². The van der Waals surface area contributed by atoms with Gasteiger partial charge in [-0.25, -0.2) is 0 Å². The maximum atomic E-state index is 6.13. The van der Waals surface area contributed by atoms with Gasteiger partial charge in [-0.15, -0.1) is 0 Å². The van der Waals surface area contributed by atoms with Crippen LogP contribution in [0.15, 0.2) is 60.7 Å². The minimum atomic E-state index is 0.135. The first-order chi connectivity index (χ1) is 9.82. The minimum absolute atomic E-state index is 0.135. The van der Waals surface area contributed by atoms with E-state index in [2.05, 4.69) is 65.6 Å². The Morgan fingerprint density at radius 1 is 0.950 bits per heavy atom. The van der Waals surface area contributed by atoms with Crippen molar-refractivity contribution in [1.29, 1.82) is 0 Å². The zero-order valence-corrected chi connectivity index (χ0v) is 11.8. The molecule has 1 aliphatic rings. The van der Waals surface area contributed by atoms with Crippen LogP contribution in [0.2, 0.25) is 0 Å². The van der Waals surface area contributed by atoms with Gasteiger partial charge in [0.05, 0.1) is 0 Å². The quantitative estimate of drug-likeness (QED) is 0.922. The van der Waals surface area contributed by atoms with Crippen molar-refractivity contribution >= 4 is 0 Å². The van der Waals surface area contributed by atoms with Crippen LogP contribution in [-0.2, 0) is 12.0 Å². The van der Waals surface area contributed by atoms with Gasteiger partial charge in [-0.3, -0.25) is 4.90 Å². The topological polar surface area (TPSA) is 29.3 Å². The van der Waals surface area contributed by atoms with E-state index in [0.717, 1.165) is 32.6 Å². The van der Waals surface area contributed by atoms with Gasteiger partial charge in [0.1, 0.15) is 0 Å². The van der Waals surface area contributed by atoms with Crippen molar-refractivity contribution in [3.8, 4) is 0 Å². The maximum absolute atomic E-state index is 6.13. The third-order valence-corrected chi connectivity index (χ3v) is 4.46. The van der Waals surface area contributed by atoms with Crippen LogP contribution < -0.4 is 5.73 Å². The predicted molar refractivity (Wildman–Crippen MR) is 83.5 cm³/mol. The monoisotopic (exact) mass is 266 g/mol. The van der Waals surface area contributed by atoms with Crippen molar-refractivity contribution in [1.82, 2.24) is 4.90 Å². The second-order valence-electron chi connectivity index (χ2n) is 5.80.